The van der Waals surface area contributed by atoms with Crippen molar-refractivity contribution >= 4 is 17.8 Å². The maximum Gasteiger partial charge on any atom is 0.307 e. The third kappa shape index (κ3) is 3.84. The van der Waals surface area contributed by atoms with Crippen LogP contribution in [0.2, 0.25) is 0 Å². The summed E-state index contributed by atoms with van der Waals surface area (Å²) in [7, 11) is 0. The molecule has 6 nitrogen and oxygen atoms in total. The number of hydrogen-bond donors (Lipinski definition) is 2. The Balaban J connectivity index is 2.33. The second kappa shape index (κ2) is 7.06. The predicted molar refractivity (Wildman–Crippen MR) is 78.7 cm³/mol. The summed E-state index contributed by atoms with van der Waals surface area (Å²) in [6.07, 6.45) is 1.39. The molecule has 1 aromatic rings. The number of benzene rings is 1. The highest BCUT2D eigenvalue weighted by Crippen LogP contribution is 2.33. The zero-order valence-corrected chi connectivity index (χ0v) is 12.4. The Labute approximate surface area is 128 Å². The minimum atomic E-state index is -0.934. The fraction of sp³-hybridized carbons (Fsp3) is 0.438. The number of piperidine rings is 1. The summed E-state index contributed by atoms with van der Waals surface area (Å²) in [4.78, 5) is 34.2. The van der Waals surface area contributed by atoms with E-state index < -0.39 is 11.9 Å². The van der Waals surface area contributed by atoms with E-state index in [-0.39, 0.29) is 24.7 Å². The molecule has 2 N–H and O–H groups in total. The standard InChI is InChI=1S/C16H19NO5/c1-2-7-22-13-5-3-10(9-15(19)20)8-12(13)11-4-6-14(18)17-16(11)21/h3,5,8,11H,2,4,6-7,9H2,1H3,(H,19,20)(H,17,18,21). The number of carboxylic acids is 1. The fourth-order valence-corrected chi connectivity index (χ4v) is 2.49. The van der Waals surface area contributed by atoms with Crippen molar-refractivity contribution in [3.8, 4) is 5.75 Å². The van der Waals surface area contributed by atoms with Crippen molar-refractivity contribution in [3.05, 3.63) is 29.3 Å². The summed E-state index contributed by atoms with van der Waals surface area (Å²) >= 11 is 0. The molecular formula is C16H19NO5. The van der Waals surface area contributed by atoms with Crippen molar-refractivity contribution in [2.75, 3.05) is 6.61 Å². The van der Waals surface area contributed by atoms with E-state index in [2.05, 4.69) is 5.32 Å². The van der Waals surface area contributed by atoms with Gasteiger partial charge in [-0.3, -0.25) is 19.7 Å². The Hall–Kier alpha value is -2.37. The maximum absolute atomic E-state index is 12.1. The molecule has 22 heavy (non-hydrogen) atoms. The number of aliphatic carboxylic acids is 1. The number of ether oxygens (including phenoxy) is 1. The van der Waals surface area contributed by atoms with Gasteiger partial charge in [0.1, 0.15) is 5.75 Å². The van der Waals surface area contributed by atoms with E-state index in [9.17, 15) is 14.4 Å². The summed E-state index contributed by atoms with van der Waals surface area (Å²) < 4.78 is 5.66. The van der Waals surface area contributed by atoms with Crippen LogP contribution in [-0.4, -0.2) is 29.5 Å². The Morgan fingerprint density at radius 1 is 1.41 bits per heavy atom. The highest BCUT2D eigenvalue weighted by molar-refractivity contribution is 6.01. The van der Waals surface area contributed by atoms with Crippen molar-refractivity contribution < 1.29 is 24.2 Å². The Morgan fingerprint density at radius 3 is 2.82 bits per heavy atom. The summed E-state index contributed by atoms with van der Waals surface area (Å²) in [6, 6.07) is 5.08. The van der Waals surface area contributed by atoms with Crippen molar-refractivity contribution in [1.82, 2.24) is 5.32 Å². The first kappa shape index (κ1) is 16.0. The number of imide groups is 1. The molecule has 2 amide bonds. The Morgan fingerprint density at radius 2 is 2.18 bits per heavy atom. The zero-order valence-electron chi connectivity index (χ0n) is 12.4. The lowest BCUT2D eigenvalue weighted by atomic mass is 9.88. The molecule has 0 bridgehead atoms. The molecule has 0 saturated carbocycles. The molecule has 1 unspecified atom stereocenters. The first-order valence-corrected chi connectivity index (χ1v) is 7.32. The summed E-state index contributed by atoms with van der Waals surface area (Å²) in [5.41, 5.74) is 1.26. The number of carbonyl (C=O) groups excluding carboxylic acids is 2. The summed E-state index contributed by atoms with van der Waals surface area (Å²) in [6.45, 7) is 2.49. The third-order valence-electron chi connectivity index (χ3n) is 3.51. The van der Waals surface area contributed by atoms with Gasteiger partial charge in [-0.2, -0.15) is 0 Å². The molecular weight excluding hydrogens is 286 g/mol. The van der Waals surface area contributed by atoms with E-state index in [4.69, 9.17) is 9.84 Å². The second-order valence-electron chi connectivity index (χ2n) is 5.29. The van der Waals surface area contributed by atoms with Crippen LogP contribution in [0.25, 0.3) is 0 Å². The molecule has 2 rings (SSSR count). The topological polar surface area (TPSA) is 92.7 Å². The number of carbonyl (C=O) groups is 3. The molecule has 1 atom stereocenters. The molecule has 1 aromatic carbocycles. The smallest absolute Gasteiger partial charge is 0.307 e. The molecule has 0 spiro atoms. The van der Waals surface area contributed by atoms with Gasteiger partial charge in [-0.25, -0.2) is 0 Å². The zero-order chi connectivity index (χ0) is 16.1. The predicted octanol–water partition coefficient (Wildman–Crippen LogP) is 1.62. The van der Waals surface area contributed by atoms with Crippen LogP contribution in [0, 0.1) is 0 Å². The third-order valence-corrected chi connectivity index (χ3v) is 3.51. The average Bonchev–Trinajstić information content (AvgIpc) is 2.45. The fourth-order valence-electron chi connectivity index (χ4n) is 2.49. The van der Waals surface area contributed by atoms with Gasteiger partial charge in [0.15, 0.2) is 0 Å². The number of hydrogen-bond acceptors (Lipinski definition) is 4. The van der Waals surface area contributed by atoms with Crippen molar-refractivity contribution in [2.45, 2.75) is 38.5 Å². The molecule has 118 valence electrons. The highest BCUT2D eigenvalue weighted by Gasteiger charge is 2.30. The first-order valence-electron chi connectivity index (χ1n) is 7.32. The van der Waals surface area contributed by atoms with Gasteiger partial charge >= 0.3 is 5.97 Å². The maximum atomic E-state index is 12.1. The van der Waals surface area contributed by atoms with E-state index in [1.165, 1.54) is 0 Å². The van der Waals surface area contributed by atoms with Crippen LogP contribution < -0.4 is 10.1 Å². The average molecular weight is 305 g/mol. The van der Waals surface area contributed by atoms with Gasteiger partial charge in [-0.1, -0.05) is 19.1 Å². The van der Waals surface area contributed by atoms with Crippen molar-refractivity contribution in [3.63, 3.8) is 0 Å². The van der Waals surface area contributed by atoms with Crippen molar-refractivity contribution in [2.24, 2.45) is 0 Å². The molecule has 1 aliphatic heterocycles. The van der Waals surface area contributed by atoms with Crippen LogP contribution in [0.4, 0.5) is 0 Å². The van der Waals surface area contributed by atoms with Crippen LogP contribution in [0.15, 0.2) is 18.2 Å². The van der Waals surface area contributed by atoms with E-state index in [0.29, 0.717) is 29.9 Å². The van der Waals surface area contributed by atoms with E-state index in [1.807, 2.05) is 6.92 Å². The Kier molecular flexibility index (Phi) is 5.14. The van der Waals surface area contributed by atoms with Crippen molar-refractivity contribution in [1.29, 1.82) is 0 Å². The van der Waals surface area contributed by atoms with Gasteiger partial charge in [-0.05, 0) is 24.5 Å². The molecule has 0 aromatic heterocycles. The van der Waals surface area contributed by atoms with E-state index in [0.717, 1.165) is 6.42 Å². The summed E-state index contributed by atoms with van der Waals surface area (Å²) in [5.74, 6) is -1.48. The van der Waals surface area contributed by atoms with Gasteiger partial charge in [-0.15, -0.1) is 0 Å². The normalized spacial score (nSPS) is 18.0. The van der Waals surface area contributed by atoms with Crippen LogP contribution in [0.3, 0.4) is 0 Å². The number of amides is 2. The van der Waals surface area contributed by atoms with Crippen LogP contribution in [0.1, 0.15) is 43.2 Å². The number of rotatable bonds is 6. The molecule has 0 aliphatic carbocycles. The molecule has 6 heteroatoms. The lowest BCUT2D eigenvalue weighted by Crippen LogP contribution is -2.39. The van der Waals surface area contributed by atoms with Gasteiger partial charge in [0.25, 0.3) is 0 Å². The van der Waals surface area contributed by atoms with Gasteiger partial charge in [0.2, 0.25) is 11.8 Å². The highest BCUT2D eigenvalue weighted by atomic mass is 16.5. The minimum absolute atomic E-state index is 0.117. The lowest BCUT2D eigenvalue weighted by Gasteiger charge is -2.23. The molecule has 1 heterocycles. The van der Waals surface area contributed by atoms with E-state index >= 15 is 0 Å². The SMILES string of the molecule is CCCOc1ccc(CC(=O)O)cc1C1CCC(=O)NC1=O. The molecule has 1 aliphatic rings. The van der Waals surface area contributed by atoms with Gasteiger partial charge < -0.3 is 9.84 Å². The van der Waals surface area contributed by atoms with Crippen LogP contribution in [0.5, 0.6) is 5.75 Å². The number of nitrogens with one attached hydrogen (secondary N) is 1. The van der Waals surface area contributed by atoms with E-state index in [1.54, 1.807) is 18.2 Å². The second-order valence-corrected chi connectivity index (χ2v) is 5.29. The lowest BCUT2D eigenvalue weighted by molar-refractivity contribution is -0.136. The van der Waals surface area contributed by atoms with Crippen LogP contribution >= 0.6 is 0 Å². The quantitative estimate of drug-likeness (QED) is 0.779. The molecule has 1 fully saturated rings. The van der Waals surface area contributed by atoms with Gasteiger partial charge in [0, 0.05) is 12.0 Å². The monoisotopic (exact) mass is 305 g/mol. The largest absolute Gasteiger partial charge is 0.493 e. The molecule has 0 radical (unpaired) electrons. The first-order chi connectivity index (χ1) is 10.5. The Bertz CT molecular complexity index is 596. The van der Waals surface area contributed by atoms with Gasteiger partial charge in [0.05, 0.1) is 18.9 Å². The molecule has 1 saturated heterocycles. The summed E-state index contributed by atoms with van der Waals surface area (Å²) in [5, 5.41) is 11.2. The number of carboxylic acid groups (broad SMARTS) is 1. The van der Waals surface area contributed by atoms with Crippen LogP contribution in [-0.2, 0) is 20.8 Å². The minimum Gasteiger partial charge on any atom is -0.493 e.